The molecule has 21 heavy (non-hydrogen) atoms. The lowest BCUT2D eigenvalue weighted by molar-refractivity contribution is 0.0690. The fourth-order valence-corrected chi connectivity index (χ4v) is 3.24. The molecule has 1 saturated heterocycles. The van der Waals surface area contributed by atoms with Crippen molar-refractivity contribution in [2.45, 2.75) is 46.1 Å². The van der Waals surface area contributed by atoms with Crippen LogP contribution in [0.2, 0.25) is 0 Å². The van der Waals surface area contributed by atoms with Gasteiger partial charge < -0.3 is 10.0 Å². The van der Waals surface area contributed by atoms with Crippen LogP contribution in [0.25, 0.3) is 0 Å². The zero-order chi connectivity index (χ0) is 15.4. The highest BCUT2D eigenvalue weighted by atomic mass is 16.4. The largest absolute Gasteiger partial charge is 0.476 e. The molecule has 0 aliphatic carbocycles. The summed E-state index contributed by atoms with van der Waals surface area (Å²) in [6, 6.07) is 0.280. The molecule has 0 bridgehead atoms. The van der Waals surface area contributed by atoms with Gasteiger partial charge in [-0.2, -0.15) is 0 Å². The molecule has 118 valence electrons. The van der Waals surface area contributed by atoms with E-state index < -0.39 is 5.97 Å². The van der Waals surface area contributed by atoms with Crippen LogP contribution in [0.4, 0.5) is 0 Å². The van der Waals surface area contributed by atoms with Crippen LogP contribution in [0, 0.1) is 11.8 Å². The van der Waals surface area contributed by atoms with Crippen LogP contribution >= 0.6 is 0 Å². The van der Waals surface area contributed by atoms with Crippen LogP contribution in [-0.4, -0.2) is 50.6 Å². The molecule has 6 nitrogen and oxygen atoms in total. The van der Waals surface area contributed by atoms with Crippen molar-refractivity contribution in [3.8, 4) is 0 Å². The van der Waals surface area contributed by atoms with E-state index >= 15 is 0 Å². The van der Waals surface area contributed by atoms with Crippen molar-refractivity contribution >= 4 is 5.97 Å². The maximum atomic E-state index is 10.8. The van der Waals surface area contributed by atoms with E-state index in [0.29, 0.717) is 0 Å². The lowest BCUT2D eigenvalue weighted by Gasteiger charge is -2.33. The first-order valence-electron chi connectivity index (χ1n) is 7.83. The minimum atomic E-state index is -1.01. The van der Waals surface area contributed by atoms with E-state index in [4.69, 9.17) is 5.11 Å². The number of aromatic nitrogens is 3. The van der Waals surface area contributed by atoms with Gasteiger partial charge in [0, 0.05) is 19.6 Å². The number of aromatic carboxylic acids is 1. The van der Waals surface area contributed by atoms with Gasteiger partial charge in [0.05, 0.1) is 12.2 Å². The van der Waals surface area contributed by atoms with Gasteiger partial charge in [-0.1, -0.05) is 26.0 Å². The summed E-state index contributed by atoms with van der Waals surface area (Å²) in [7, 11) is 0. The number of carboxylic acid groups (broad SMARTS) is 1. The Morgan fingerprint density at radius 2 is 2.05 bits per heavy atom. The molecule has 1 aromatic heterocycles. The molecule has 0 amide bonds. The summed E-state index contributed by atoms with van der Waals surface area (Å²) in [5.41, 5.74) is 0.0305. The van der Waals surface area contributed by atoms with E-state index in [0.717, 1.165) is 44.3 Å². The van der Waals surface area contributed by atoms with Crippen molar-refractivity contribution in [2.24, 2.45) is 11.8 Å². The fourth-order valence-electron chi connectivity index (χ4n) is 3.24. The summed E-state index contributed by atoms with van der Waals surface area (Å²) in [5.74, 6) is 0.467. The number of hydrogen-bond donors (Lipinski definition) is 1. The molecule has 1 aliphatic rings. The topological polar surface area (TPSA) is 71.2 Å². The average molecular weight is 294 g/mol. The second-order valence-electron chi connectivity index (χ2n) is 6.66. The van der Waals surface area contributed by atoms with Gasteiger partial charge in [0.2, 0.25) is 0 Å². The lowest BCUT2D eigenvalue weighted by atomic mass is 9.97. The summed E-state index contributed by atoms with van der Waals surface area (Å²) >= 11 is 0. The number of likely N-dealkylation sites (tertiary alicyclic amines) is 1. The van der Waals surface area contributed by atoms with Gasteiger partial charge in [-0.05, 0) is 31.1 Å². The van der Waals surface area contributed by atoms with E-state index in [2.05, 4.69) is 36.0 Å². The second kappa shape index (κ2) is 7.02. The molecule has 1 unspecified atom stereocenters. The van der Waals surface area contributed by atoms with Crippen molar-refractivity contribution in [1.29, 1.82) is 0 Å². The molecule has 0 radical (unpaired) electrons. The number of rotatable bonds is 6. The standard InChI is InChI=1S/C15H26N4O2/c1-11(2)8-12(3)9-18-6-4-13(5-7-18)19-10-14(15(20)21)16-17-19/h10-13H,4-9H2,1-3H3,(H,20,21). The third-order valence-electron chi connectivity index (χ3n) is 4.10. The van der Waals surface area contributed by atoms with Gasteiger partial charge in [-0.25, -0.2) is 9.48 Å². The predicted molar refractivity (Wildman–Crippen MR) is 80.3 cm³/mol. The van der Waals surface area contributed by atoms with Crippen LogP contribution in [0.1, 0.15) is 56.6 Å². The lowest BCUT2D eigenvalue weighted by Crippen LogP contribution is -2.37. The number of nitrogens with zero attached hydrogens (tertiary/aromatic N) is 4. The van der Waals surface area contributed by atoms with Crippen LogP contribution in [0.15, 0.2) is 6.20 Å². The molecule has 1 aliphatic heterocycles. The van der Waals surface area contributed by atoms with E-state index in [1.165, 1.54) is 6.42 Å². The normalized spacial score (nSPS) is 19.0. The van der Waals surface area contributed by atoms with Crippen molar-refractivity contribution in [3.05, 3.63) is 11.9 Å². The Hall–Kier alpha value is -1.43. The van der Waals surface area contributed by atoms with Gasteiger partial charge in [-0.15, -0.1) is 5.10 Å². The maximum absolute atomic E-state index is 10.8. The van der Waals surface area contributed by atoms with Crippen LogP contribution in [0.5, 0.6) is 0 Å². The Balaban J connectivity index is 1.81. The van der Waals surface area contributed by atoms with Gasteiger partial charge in [0.25, 0.3) is 0 Å². The molecule has 1 fully saturated rings. The highest BCUT2D eigenvalue weighted by molar-refractivity contribution is 5.84. The summed E-state index contributed by atoms with van der Waals surface area (Å²) < 4.78 is 1.72. The van der Waals surface area contributed by atoms with Gasteiger partial charge in [0.15, 0.2) is 5.69 Å². The first kappa shape index (κ1) is 15.9. The van der Waals surface area contributed by atoms with E-state index in [-0.39, 0.29) is 11.7 Å². The fraction of sp³-hybridized carbons (Fsp3) is 0.800. The van der Waals surface area contributed by atoms with Crippen molar-refractivity contribution < 1.29 is 9.90 Å². The summed E-state index contributed by atoms with van der Waals surface area (Å²) in [6.45, 7) is 10.1. The molecule has 0 aromatic carbocycles. The Labute approximate surface area is 126 Å². The molecule has 1 aromatic rings. The monoisotopic (exact) mass is 294 g/mol. The van der Waals surface area contributed by atoms with Gasteiger partial charge in [0.1, 0.15) is 0 Å². The molecule has 0 spiro atoms. The smallest absolute Gasteiger partial charge is 0.358 e. The Kier molecular flexibility index (Phi) is 5.33. The minimum Gasteiger partial charge on any atom is -0.476 e. The Morgan fingerprint density at radius 1 is 1.38 bits per heavy atom. The third-order valence-corrected chi connectivity index (χ3v) is 4.10. The van der Waals surface area contributed by atoms with Crippen LogP contribution in [0.3, 0.4) is 0 Å². The molecule has 2 rings (SSSR count). The molecule has 2 heterocycles. The quantitative estimate of drug-likeness (QED) is 0.871. The molecule has 1 atom stereocenters. The number of carboxylic acids is 1. The van der Waals surface area contributed by atoms with E-state index in [1.54, 1.807) is 10.9 Å². The highest BCUT2D eigenvalue weighted by Gasteiger charge is 2.23. The number of piperidine rings is 1. The maximum Gasteiger partial charge on any atom is 0.358 e. The van der Waals surface area contributed by atoms with Gasteiger partial charge >= 0.3 is 5.97 Å². The molecular formula is C15H26N4O2. The number of hydrogen-bond acceptors (Lipinski definition) is 4. The van der Waals surface area contributed by atoms with E-state index in [1.807, 2.05) is 0 Å². The zero-order valence-electron chi connectivity index (χ0n) is 13.2. The Bertz CT molecular complexity index is 464. The summed E-state index contributed by atoms with van der Waals surface area (Å²) in [6.07, 6.45) is 4.84. The number of carbonyl (C=O) groups is 1. The van der Waals surface area contributed by atoms with Crippen molar-refractivity contribution in [3.63, 3.8) is 0 Å². The molecule has 6 heteroatoms. The summed E-state index contributed by atoms with van der Waals surface area (Å²) in [5, 5.41) is 16.5. The zero-order valence-corrected chi connectivity index (χ0v) is 13.2. The average Bonchev–Trinajstić information content (AvgIpc) is 2.88. The van der Waals surface area contributed by atoms with Crippen molar-refractivity contribution in [1.82, 2.24) is 19.9 Å². The molecular weight excluding hydrogens is 268 g/mol. The third kappa shape index (κ3) is 4.52. The second-order valence-corrected chi connectivity index (χ2v) is 6.66. The van der Waals surface area contributed by atoms with Gasteiger partial charge in [-0.3, -0.25) is 0 Å². The van der Waals surface area contributed by atoms with E-state index in [9.17, 15) is 4.79 Å². The minimum absolute atomic E-state index is 0.0305. The highest BCUT2D eigenvalue weighted by Crippen LogP contribution is 2.23. The molecule has 0 saturated carbocycles. The van der Waals surface area contributed by atoms with Crippen molar-refractivity contribution in [2.75, 3.05) is 19.6 Å². The van der Waals surface area contributed by atoms with Crippen LogP contribution in [-0.2, 0) is 0 Å². The molecule has 1 N–H and O–H groups in total. The predicted octanol–water partition coefficient (Wildman–Crippen LogP) is 2.30. The SMILES string of the molecule is CC(C)CC(C)CN1CCC(n2cc(C(=O)O)nn2)CC1. The summed E-state index contributed by atoms with van der Waals surface area (Å²) in [4.78, 5) is 13.3. The first-order chi connectivity index (χ1) is 9.95. The first-order valence-corrected chi connectivity index (χ1v) is 7.83. The Morgan fingerprint density at radius 3 is 2.57 bits per heavy atom. The van der Waals surface area contributed by atoms with Crippen LogP contribution < -0.4 is 0 Å².